The first-order valence-electron chi connectivity index (χ1n) is 8.56. The van der Waals surface area contributed by atoms with Crippen molar-refractivity contribution in [3.05, 3.63) is 51.3 Å². The Bertz CT molecular complexity index is 1030. The minimum absolute atomic E-state index is 0.0264. The van der Waals surface area contributed by atoms with E-state index in [0.29, 0.717) is 15.9 Å². The number of benzene rings is 1. The largest absolute Gasteiger partial charge is 0.338 e. The van der Waals surface area contributed by atoms with Gasteiger partial charge in [0.1, 0.15) is 6.54 Å². The number of thiophene rings is 1. The normalized spacial score (nSPS) is 17.2. The lowest BCUT2D eigenvalue weighted by molar-refractivity contribution is -0.132. The van der Waals surface area contributed by atoms with E-state index in [9.17, 15) is 9.59 Å². The highest BCUT2D eigenvalue weighted by Gasteiger charge is 2.25. The van der Waals surface area contributed by atoms with Crippen molar-refractivity contribution in [1.82, 2.24) is 14.5 Å². The highest BCUT2D eigenvalue weighted by molar-refractivity contribution is 7.15. The predicted octanol–water partition coefficient (Wildman–Crippen LogP) is 3.79. The predicted molar refractivity (Wildman–Crippen MR) is 105 cm³/mol. The van der Waals surface area contributed by atoms with Gasteiger partial charge in [-0.05, 0) is 37.5 Å². The summed E-state index contributed by atoms with van der Waals surface area (Å²) in [6.45, 7) is 2.84. The van der Waals surface area contributed by atoms with Gasteiger partial charge in [0.05, 0.1) is 17.2 Å². The molecule has 5 nitrogen and oxygen atoms in total. The molecule has 26 heavy (non-hydrogen) atoms. The molecule has 1 atom stereocenters. The highest BCUT2D eigenvalue weighted by Crippen LogP contribution is 2.32. The van der Waals surface area contributed by atoms with Crippen LogP contribution < -0.4 is 5.56 Å². The number of hydrogen-bond acceptors (Lipinski definition) is 4. The summed E-state index contributed by atoms with van der Waals surface area (Å²) in [5.41, 5.74) is 1.40. The maximum atomic E-state index is 13.0. The summed E-state index contributed by atoms with van der Waals surface area (Å²) >= 11 is 7.44. The lowest BCUT2D eigenvalue weighted by Gasteiger charge is -2.21. The average molecular weight is 388 g/mol. The maximum absolute atomic E-state index is 13.0. The maximum Gasteiger partial charge on any atom is 0.263 e. The van der Waals surface area contributed by atoms with Gasteiger partial charge >= 0.3 is 0 Å². The number of carbonyl (C=O) groups is 1. The Hall–Kier alpha value is -2.18. The van der Waals surface area contributed by atoms with Crippen LogP contribution >= 0.6 is 22.9 Å². The van der Waals surface area contributed by atoms with E-state index in [1.165, 1.54) is 22.2 Å². The molecule has 3 heterocycles. The summed E-state index contributed by atoms with van der Waals surface area (Å²) in [7, 11) is 0. The number of rotatable bonds is 3. The summed E-state index contributed by atoms with van der Waals surface area (Å²) in [5, 5.41) is 3.08. The summed E-state index contributed by atoms with van der Waals surface area (Å²) in [6.07, 6.45) is 3.51. The molecule has 1 saturated heterocycles. The molecule has 2 aromatic heterocycles. The monoisotopic (exact) mass is 387 g/mol. The molecule has 0 saturated carbocycles. The Morgan fingerprint density at radius 3 is 2.81 bits per heavy atom. The molecule has 0 spiro atoms. The second kappa shape index (κ2) is 6.85. The van der Waals surface area contributed by atoms with Crippen molar-refractivity contribution in [3.63, 3.8) is 0 Å². The van der Waals surface area contributed by atoms with Crippen LogP contribution in [0.1, 0.15) is 19.8 Å². The molecule has 134 valence electrons. The van der Waals surface area contributed by atoms with Gasteiger partial charge in [-0.15, -0.1) is 11.3 Å². The van der Waals surface area contributed by atoms with Crippen molar-refractivity contribution in [3.8, 4) is 10.4 Å². The summed E-state index contributed by atoms with van der Waals surface area (Å²) in [6, 6.07) is 7.62. The van der Waals surface area contributed by atoms with Gasteiger partial charge in [0, 0.05) is 27.9 Å². The van der Waals surface area contributed by atoms with Crippen LogP contribution in [-0.4, -0.2) is 32.9 Å². The molecule has 3 aromatic rings. The zero-order valence-corrected chi connectivity index (χ0v) is 15.9. The van der Waals surface area contributed by atoms with E-state index in [1.54, 1.807) is 12.1 Å². The quantitative estimate of drug-likeness (QED) is 0.687. The Labute approximate surface area is 159 Å². The van der Waals surface area contributed by atoms with E-state index >= 15 is 0 Å². The van der Waals surface area contributed by atoms with Crippen molar-refractivity contribution in [2.45, 2.75) is 32.4 Å². The van der Waals surface area contributed by atoms with Crippen molar-refractivity contribution in [1.29, 1.82) is 0 Å². The molecule has 4 rings (SSSR count). The highest BCUT2D eigenvalue weighted by atomic mass is 35.5. The Morgan fingerprint density at radius 2 is 2.12 bits per heavy atom. The number of hydrogen-bond donors (Lipinski definition) is 0. The van der Waals surface area contributed by atoms with Crippen molar-refractivity contribution >= 4 is 39.7 Å². The van der Waals surface area contributed by atoms with Gasteiger partial charge in [-0.3, -0.25) is 14.2 Å². The molecule has 1 aliphatic rings. The van der Waals surface area contributed by atoms with Crippen LogP contribution in [0.3, 0.4) is 0 Å². The standard InChI is InChI=1S/C19H18ClN3O2S/c1-12-3-2-8-23(12)16(24)9-22-11-21-15-10-26-18(17(15)19(22)25)13-4-6-14(20)7-5-13/h4-7,10-12H,2-3,8-9H2,1H3. The van der Waals surface area contributed by atoms with E-state index in [-0.39, 0.29) is 24.1 Å². The summed E-state index contributed by atoms with van der Waals surface area (Å²) in [4.78, 5) is 32.7. The summed E-state index contributed by atoms with van der Waals surface area (Å²) in [5.74, 6) is -0.0264. The molecule has 1 aromatic carbocycles. The van der Waals surface area contributed by atoms with Crippen LogP contribution in [0.25, 0.3) is 21.3 Å². The average Bonchev–Trinajstić information content (AvgIpc) is 3.25. The topological polar surface area (TPSA) is 55.2 Å². The molecule has 1 amide bonds. The van der Waals surface area contributed by atoms with E-state index in [1.807, 2.05) is 29.3 Å². The van der Waals surface area contributed by atoms with Gasteiger partial charge in [-0.25, -0.2) is 4.98 Å². The minimum Gasteiger partial charge on any atom is -0.338 e. The second-order valence-electron chi connectivity index (χ2n) is 6.59. The smallest absolute Gasteiger partial charge is 0.263 e. The van der Waals surface area contributed by atoms with Crippen molar-refractivity contribution in [2.75, 3.05) is 6.54 Å². The Morgan fingerprint density at radius 1 is 1.35 bits per heavy atom. The van der Waals surface area contributed by atoms with Crippen LogP contribution in [0.5, 0.6) is 0 Å². The van der Waals surface area contributed by atoms with E-state index in [4.69, 9.17) is 11.6 Å². The number of carbonyl (C=O) groups excluding carboxylic acids is 1. The third kappa shape index (κ3) is 3.04. The minimum atomic E-state index is -0.179. The fourth-order valence-electron chi connectivity index (χ4n) is 3.45. The lowest BCUT2D eigenvalue weighted by Crippen LogP contribution is -2.38. The number of halogens is 1. The fraction of sp³-hybridized carbons (Fsp3) is 0.316. The Balaban J connectivity index is 1.72. The number of fused-ring (bicyclic) bond motifs is 1. The Kier molecular flexibility index (Phi) is 4.54. The van der Waals surface area contributed by atoms with E-state index < -0.39 is 0 Å². The SMILES string of the molecule is CC1CCCN1C(=O)Cn1cnc2csc(-c3ccc(Cl)cc3)c2c1=O. The first-order chi connectivity index (χ1) is 12.5. The van der Waals surface area contributed by atoms with Gasteiger partial charge in [0.25, 0.3) is 5.56 Å². The molecular weight excluding hydrogens is 370 g/mol. The third-order valence-electron chi connectivity index (χ3n) is 4.87. The van der Waals surface area contributed by atoms with Crippen molar-refractivity contribution < 1.29 is 4.79 Å². The molecule has 1 unspecified atom stereocenters. The number of likely N-dealkylation sites (tertiary alicyclic amines) is 1. The van der Waals surface area contributed by atoms with Crippen LogP contribution in [0, 0.1) is 0 Å². The molecule has 7 heteroatoms. The molecule has 0 radical (unpaired) electrons. The fourth-order valence-corrected chi connectivity index (χ4v) is 4.56. The summed E-state index contributed by atoms with van der Waals surface area (Å²) < 4.78 is 1.42. The number of amides is 1. The molecule has 1 aliphatic heterocycles. The molecule has 1 fully saturated rings. The first-order valence-corrected chi connectivity index (χ1v) is 9.82. The van der Waals surface area contributed by atoms with Crippen molar-refractivity contribution in [2.24, 2.45) is 0 Å². The lowest BCUT2D eigenvalue weighted by atomic mass is 10.1. The molecule has 0 bridgehead atoms. The van der Waals surface area contributed by atoms with Crippen LogP contribution in [0.15, 0.2) is 40.8 Å². The molecular formula is C19H18ClN3O2S. The zero-order valence-electron chi connectivity index (χ0n) is 14.3. The van der Waals surface area contributed by atoms with E-state index in [0.717, 1.165) is 29.8 Å². The molecule has 0 aliphatic carbocycles. The van der Waals surface area contributed by atoms with Gasteiger partial charge in [0.2, 0.25) is 5.91 Å². The van der Waals surface area contributed by atoms with Gasteiger partial charge in [-0.2, -0.15) is 0 Å². The third-order valence-corrected chi connectivity index (χ3v) is 6.14. The van der Waals surface area contributed by atoms with Crippen LogP contribution in [0.4, 0.5) is 0 Å². The zero-order chi connectivity index (χ0) is 18.3. The van der Waals surface area contributed by atoms with Crippen LogP contribution in [-0.2, 0) is 11.3 Å². The van der Waals surface area contributed by atoms with E-state index in [2.05, 4.69) is 4.98 Å². The van der Waals surface area contributed by atoms with Gasteiger partial charge in [-0.1, -0.05) is 23.7 Å². The van der Waals surface area contributed by atoms with Gasteiger partial charge < -0.3 is 4.90 Å². The number of nitrogens with zero attached hydrogens (tertiary/aromatic N) is 3. The number of aromatic nitrogens is 2. The molecule has 0 N–H and O–H groups in total. The first kappa shape index (κ1) is 17.2. The van der Waals surface area contributed by atoms with Crippen LogP contribution in [0.2, 0.25) is 5.02 Å². The second-order valence-corrected chi connectivity index (χ2v) is 7.90. The van der Waals surface area contributed by atoms with Gasteiger partial charge in [0.15, 0.2) is 0 Å².